The SMILES string of the molecule is CN=C(NCCC(=O)OC(C)C)NCCc1ccccc1OC. The fourth-order valence-corrected chi connectivity index (χ4v) is 2.05. The van der Waals surface area contributed by atoms with Crippen molar-refractivity contribution < 1.29 is 14.3 Å². The molecule has 1 aromatic rings. The molecule has 0 spiro atoms. The molecule has 0 aliphatic rings. The Morgan fingerprint density at radius 1 is 1.22 bits per heavy atom. The molecular weight excluding hydrogens is 294 g/mol. The van der Waals surface area contributed by atoms with Gasteiger partial charge < -0.3 is 20.1 Å². The number of carbonyl (C=O) groups excluding carboxylic acids is 1. The fourth-order valence-electron chi connectivity index (χ4n) is 2.05. The lowest BCUT2D eigenvalue weighted by atomic mass is 10.1. The van der Waals surface area contributed by atoms with Crippen LogP contribution >= 0.6 is 0 Å². The van der Waals surface area contributed by atoms with Gasteiger partial charge in [0, 0.05) is 20.1 Å². The zero-order valence-electron chi connectivity index (χ0n) is 14.4. The molecule has 0 aliphatic carbocycles. The van der Waals surface area contributed by atoms with Crippen molar-refractivity contribution in [2.75, 3.05) is 27.2 Å². The summed E-state index contributed by atoms with van der Waals surface area (Å²) in [6, 6.07) is 7.93. The van der Waals surface area contributed by atoms with E-state index in [1.54, 1.807) is 14.2 Å². The zero-order chi connectivity index (χ0) is 17.1. The van der Waals surface area contributed by atoms with Crippen LogP contribution < -0.4 is 15.4 Å². The lowest BCUT2D eigenvalue weighted by Gasteiger charge is -2.13. The van der Waals surface area contributed by atoms with Gasteiger partial charge in [0.15, 0.2) is 5.96 Å². The van der Waals surface area contributed by atoms with E-state index in [4.69, 9.17) is 9.47 Å². The average Bonchev–Trinajstić information content (AvgIpc) is 2.53. The van der Waals surface area contributed by atoms with E-state index in [-0.39, 0.29) is 12.1 Å². The number of carbonyl (C=O) groups is 1. The predicted molar refractivity (Wildman–Crippen MR) is 91.9 cm³/mol. The van der Waals surface area contributed by atoms with E-state index in [1.807, 2.05) is 38.1 Å². The number of nitrogens with one attached hydrogen (secondary N) is 2. The van der Waals surface area contributed by atoms with Crippen LogP contribution in [0.1, 0.15) is 25.8 Å². The number of benzene rings is 1. The highest BCUT2D eigenvalue weighted by atomic mass is 16.5. The van der Waals surface area contributed by atoms with E-state index in [0.29, 0.717) is 18.9 Å². The molecule has 23 heavy (non-hydrogen) atoms. The molecular formula is C17H27N3O3. The summed E-state index contributed by atoms with van der Waals surface area (Å²) < 4.78 is 10.4. The van der Waals surface area contributed by atoms with Crippen LogP contribution in [-0.2, 0) is 16.0 Å². The van der Waals surface area contributed by atoms with Gasteiger partial charge in [-0.2, -0.15) is 0 Å². The van der Waals surface area contributed by atoms with Crippen LogP contribution in [0.5, 0.6) is 5.75 Å². The van der Waals surface area contributed by atoms with Crippen molar-refractivity contribution in [1.82, 2.24) is 10.6 Å². The maximum Gasteiger partial charge on any atom is 0.307 e. The number of esters is 1. The molecule has 0 saturated carbocycles. The summed E-state index contributed by atoms with van der Waals surface area (Å²) in [5.41, 5.74) is 1.14. The van der Waals surface area contributed by atoms with Gasteiger partial charge in [-0.1, -0.05) is 18.2 Å². The molecule has 2 N–H and O–H groups in total. The van der Waals surface area contributed by atoms with E-state index in [9.17, 15) is 4.79 Å². The van der Waals surface area contributed by atoms with Crippen LogP contribution in [0.25, 0.3) is 0 Å². The Balaban J connectivity index is 2.30. The van der Waals surface area contributed by atoms with E-state index in [1.165, 1.54) is 0 Å². The zero-order valence-corrected chi connectivity index (χ0v) is 14.4. The van der Waals surface area contributed by atoms with Gasteiger partial charge in [0.05, 0.1) is 19.6 Å². The monoisotopic (exact) mass is 321 g/mol. The normalized spacial score (nSPS) is 11.3. The van der Waals surface area contributed by atoms with E-state index in [0.717, 1.165) is 24.3 Å². The van der Waals surface area contributed by atoms with Crippen LogP contribution in [0.15, 0.2) is 29.3 Å². The summed E-state index contributed by atoms with van der Waals surface area (Å²) in [6.07, 6.45) is 1.05. The molecule has 1 aromatic carbocycles. The van der Waals surface area contributed by atoms with Crippen molar-refractivity contribution in [3.8, 4) is 5.75 Å². The first-order valence-electron chi connectivity index (χ1n) is 7.82. The molecule has 0 heterocycles. The van der Waals surface area contributed by atoms with Gasteiger partial charge in [-0.3, -0.25) is 9.79 Å². The van der Waals surface area contributed by atoms with Crippen molar-refractivity contribution in [2.45, 2.75) is 32.8 Å². The standard InChI is InChI=1S/C17H27N3O3/c1-13(2)23-16(21)10-12-20-17(18-3)19-11-9-14-7-5-6-8-15(14)22-4/h5-8,13H,9-12H2,1-4H3,(H2,18,19,20). The molecule has 6 heteroatoms. The van der Waals surface area contributed by atoms with Gasteiger partial charge in [-0.05, 0) is 31.9 Å². The Hall–Kier alpha value is -2.24. The van der Waals surface area contributed by atoms with Crippen molar-refractivity contribution in [3.63, 3.8) is 0 Å². The number of hydrogen-bond acceptors (Lipinski definition) is 4. The lowest BCUT2D eigenvalue weighted by Crippen LogP contribution is -2.39. The van der Waals surface area contributed by atoms with Crippen molar-refractivity contribution in [1.29, 1.82) is 0 Å². The summed E-state index contributed by atoms with van der Waals surface area (Å²) >= 11 is 0. The third-order valence-corrected chi connectivity index (χ3v) is 3.09. The Morgan fingerprint density at radius 2 is 1.91 bits per heavy atom. The molecule has 128 valence electrons. The molecule has 0 unspecified atom stereocenters. The number of rotatable bonds is 8. The highest BCUT2D eigenvalue weighted by molar-refractivity contribution is 5.80. The van der Waals surface area contributed by atoms with Gasteiger partial charge in [0.2, 0.25) is 0 Å². The summed E-state index contributed by atoms with van der Waals surface area (Å²) in [5, 5.41) is 6.31. The highest BCUT2D eigenvalue weighted by Crippen LogP contribution is 2.17. The second-order valence-electron chi connectivity index (χ2n) is 5.28. The van der Waals surface area contributed by atoms with E-state index >= 15 is 0 Å². The van der Waals surface area contributed by atoms with E-state index in [2.05, 4.69) is 15.6 Å². The first kappa shape index (κ1) is 18.8. The van der Waals surface area contributed by atoms with Gasteiger partial charge in [0.1, 0.15) is 5.75 Å². The third kappa shape index (κ3) is 7.54. The molecule has 0 aromatic heterocycles. The third-order valence-electron chi connectivity index (χ3n) is 3.09. The van der Waals surface area contributed by atoms with Crippen LogP contribution in [-0.4, -0.2) is 45.3 Å². The minimum absolute atomic E-state index is 0.0826. The summed E-state index contributed by atoms with van der Waals surface area (Å²) in [7, 11) is 3.37. The topological polar surface area (TPSA) is 72.0 Å². The predicted octanol–water partition coefficient (Wildman–Crippen LogP) is 1.74. The van der Waals surface area contributed by atoms with Crippen LogP contribution in [0.4, 0.5) is 0 Å². The summed E-state index contributed by atoms with van der Waals surface area (Å²) in [5.74, 6) is 1.34. The fraction of sp³-hybridized carbons (Fsp3) is 0.529. The molecule has 0 radical (unpaired) electrons. The number of ether oxygens (including phenoxy) is 2. The molecule has 6 nitrogen and oxygen atoms in total. The first-order chi connectivity index (χ1) is 11.1. The Bertz CT molecular complexity index is 516. The van der Waals surface area contributed by atoms with Gasteiger partial charge in [-0.25, -0.2) is 0 Å². The maximum atomic E-state index is 11.5. The Labute approximate surface area is 138 Å². The smallest absolute Gasteiger partial charge is 0.307 e. The average molecular weight is 321 g/mol. The van der Waals surface area contributed by atoms with Crippen molar-refractivity contribution in [3.05, 3.63) is 29.8 Å². The molecule has 0 bridgehead atoms. The van der Waals surface area contributed by atoms with Crippen LogP contribution in [0, 0.1) is 0 Å². The second kappa shape index (κ2) is 10.5. The molecule has 0 atom stereocenters. The quantitative estimate of drug-likeness (QED) is 0.433. The van der Waals surface area contributed by atoms with Crippen molar-refractivity contribution >= 4 is 11.9 Å². The molecule has 0 aliphatic heterocycles. The maximum absolute atomic E-state index is 11.5. The minimum atomic E-state index is -0.211. The van der Waals surface area contributed by atoms with Gasteiger partial charge in [-0.15, -0.1) is 0 Å². The number of guanidine groups is 1. The Kier molecular flexibility index (Phi) is 8.57. The molecule has 0 fully saturated rings. The number of methoxy groups -OCH3 is 1. The minimum Gasteiger partial charge on any atom is -0.496 e. The van der Waals surface area contributed by atoms with Crippen LogP contribution in [0.2, 0.25) is 0 Å². The highest BCUT2D eigenvalue weighted by Gasteiger charge is 2.06. The summed E-state index contributed by atoms with van der Waals surface area (Å²) in [4.78, 5) is 15.6. The van der Waals surface area contributed by atoms with Crippen molar-refractivity contribution in [2.24, 2.45) is 4.99 Å². The second-order valence-corrected chi connectivity index (χ2v) is 5.28. The number of para-hydroxylation sites is 1. The number of aliphatic imine (C=N–C) groups is 1. The van der Waals surface area contributed by atoms with Gasteiger partial charge >= 0.3 is 5.97 Å². The van der Waals surface area contributed by atoms with E-state index < -0.39 is 0 Å². The molecule has 0 saturated heterocycles. The first-order valence-corrected chi connectivity index (χ1v) is 7.82. The largest absolute Gasteiger partial charge is 0.496 e. The Morgan fingerprint density at radius 3 is 2.57 bits per heavy atom. The number of hydrogen-bond donors (Lipinski definition) is 2. The van der Waals surface area contributed by atoms with Crippen LogP contribution in [0.3, 0.4) is 0 Å². The number of nitrogens with zero attached hydrogens (tertiary/aromatic N) is 1. The molecule has 1 rings (SSSR count). The molecule has 0 amide bonds. The summed E-state index contributed by atoms with van der Waals surface area (Å²) in [6.45, 7) is 4.88. The van der Waals surface area contributed by atoms with Gasteiger partial charge in [0.25, 0.3) is 0 Å². The lowest BCUT2D eigenvalue weighted by molar-refractivity contribution is -0.147.